The van der Waals surface area contributed by atoms with Gasteiger partial charge in [-0.25, -0.2) is 4.68 Å². The molecule has 2 atom stereocenters. The lowest BCUT2D eigenvalue weighted by Crippen LogP contribution is -2.42. The Hall–Kier alpha value is -0.940. The molecule has 5 nitrogen and oxygen atoms in total. The third kappa shape index (κ3) is 0.941. The second-order valence-corrected chi connectivity index (χ2v) is 3.66. The highest BCUT2D eigenvalue weighted by Gasteiger charge is 2.35. The van der Waals surface area contributed by atoms with Gasteiger partial charge in [-0.15, -0.1) is 5.10 Å². The Kier molecular flexibility index (Phi) is 1.45. The van der Waals surface area contributed by atoms with E-state index >= 15 is 0 Å². The molecule has 0 bridgehead atoms. The van der Waals surface area contributed by atoms with E-state index in [1.54, 1.807) is 0 Å². The Balaban J connectivity index is 2.06. The highest BCUT2D eigenvalue weighted by atomic mass is 16.5. The summed E-state index contributed by atoms with van der Waals surface area (Å²) in [6.45, 7) is 4.41. The molecule has 1 N–H and O–H groups in total. The van der Waals surface area contributed by atoms with Gasteiger partial charge in [0.1, 0.15) is 0 Å². The number of nitrogens with zero attached hydrogens (tertiary/aromatic N) is 3. The van der Waals surface area contributed by atoms with E-state index in [9.17, 15) is 0 Å². The molecule has 3 rings (SSSR count). The molecule has 0 unspecified atom stereocenters. The van der Waals surface area contributed by atoms with Gasteiger partial charge < -0.3 is 10.1 Å². The fourth-order valence-corrected chi connectivity index (χ4v) is 2.07. The summed E-state index contributed by atoms with van der Waals surface area (Å²) in [6.07, 6.45) is 0. The standard InChI is InChI=1S/C8H12N4O/c1-5-7-2-9-6-3-13-4-8(6)12(7)11-10-5/h6,8-9H,2-4H2,1H3/t6-,8-/m1/s1. The number of fused-ring (bicyclic) bond motifs is 3. The first-order valence-corrected chi connectivity index (χ1v) is 4.58. The van der Waals surface area contributed by atoms with Crippen molar-refractivity contribution in [3.05, 3.63) is 11.4 Å². The predicted molar refractivity (Wildman–Crippen MR) is 45.2 cm³/mol. The van der Waals surface area contributed by atoms with E-state index in [1.807, 2.05) is 11.6 Å². The summed E-state index contributed by atoms with van der Waals surface area (Å²) in [5.41, 5.74) is 2.23. The smallest absolute Gasteiger partial charge is 0.0949 e. The molecule has 1 fully saturated rings. The summed E-state index contributed by atoms with van der Waals surface area (Å²) in [6, 6.07) is 0.776. The van der Waals surface area contributed by atoms with E-state index in [0.29, 0.717) is 12.1 Å². The van der Waals surface area contributed by atoms with Crippen molar-refractivity contribution < 1.29 is 4.74 Å². The zero-order valence-electron chi connectivity index (χ0n) is 7.53. The molecule has 0 amide bonds. The highest BCUT2D eigenvalue weighted by molar-refractivity contribution is 5.13. The summed E-state index contributed by atoms with van der Waals surface area (Å²) in [4.78, 5) is 0. The van der Waals surface area contributed by atoms with Gasteiger partial charge >= 0.3 is 0 Å². The average molecular weight is 180 g/mol. The monoisotopic (exact) mass is 180 g/mol. The normalized spacial score (nSPS) is 31.5. The molecular formula is C8H12N4O. The fourth-order valence-electron chi connectivity index (χ4n) is 2.07. The fraction of sp³-hybridized carbons (Fsp3) is 0.750. The van der Waals surface area contributed by atoms with Crippen molar-refractivity contribution in [2.24, 2.45) is 0 Å². The second kappa shape index (κ2) is 2.52. The van der Waals surface area contributed by atoms with Crippen molar-refractivity contribution in [1.29, 1.82) is 0 Å². The van der Waals surface area contributed by atoms with Crippen LogP contribution >= 0.6 is 0 Å². The molecule has 1 aromatic rings. The van der Waals surface area contributed by atoms with E-state index in [2.05, 4.69) is 15.6 Å². The van der Waals surface area contributed by atoms with Crippen LogP contribution in [0.4, 0.5) is 0 Å². The van der Waals surface area contributed by atoms with Crippen molar-refractivity contribution in [2.75, 3.05) is 13.2 Å². The second-order valence-electron chi connectivity index (χ2n) is 3.66. The van der Waals surface area contributed by atoms with Crippen LogP contribution in [0, 0.1) is 6.92 Å². The summed E-state index contributed by atoms with van der Waals surface area (Å²) >= 11 is 0. The minimum Gasteiger partial charge on any atom is -0.377 e. The van der Waals surface area contributed by atoms with Crippen molar-refractivity contribution in [3.63, 3.8) is 0 Å². The Bertz CT molecular complexity index is 335. The van der Waals surface area contributed by atoms with Crippen LogP contribution in [0.25, 0.3) is 0 Å². The number of nitrogens with one attached hydrogen (secondary N) is 1. The van der Waals surface area contributed by atoms with Crippen LogP contribution in [0.2, 0.25) is 0 Å². The molecule has 5 heteroatoms. The molecule has 0 spiro atoms. The molecule has 0 saturated carbocycles. The maximum absolute atomic E-state index is 5.41. The summed E-state index contributed by atoms with van der Waals surface area (Å²) in [5.74, 6) is 0. The van der Waals surface area contributed by atoms with E-state index in [0.717, 1.165) is 25.5 Å². The van der Waals surface area contributed by atoms with Gasteiger partial charge in [-0.1, -0.05) is 5.21 Å². The lowest BCUT2D eigenvalue weighted by atomic mass is 10.1. The van der Waals surface area contributed by atoms with Gasteiger partial charge in [-0.3, -0.25) is 0 Å². The molecule has 1 aromatic heterocycles. The third-order valence-electron chi connectivity index (χ3n) is 2.88. The Morgan fingerprint density at radius 1 is 1.54 bits per heavy atom. The summed E-state index contributed by atoms with van der Waals surface area (Å²) < 4.78 is 7.42. The van der Waals surface area contributed by atoms with Crippen molar-refractivity contribution in [1.82, 2.24) is 20.3 Å². The van der Waals surface area contributed by atoms with Gasteiger partial charge in [0, 0.05) is 6.54 Å². The predicted octanol–water partition coefficient (Wildman–Crippen LogP) is -0.370. The zero-order valence-corrected chi connectivity index (χ0v) is 7.53. The first-order chi connectivity index (χ1) is 6.36. The number of aryl methyl sites for hydroxylation is 1. The quantitative estimate of drug-likeness (QED) is 0.592. The van der Waals surface area contributed by atoms with Crippen LogP contribution in [0.15, 0.2) is 0 Å². The van der Waals surface area contributed by atoms with E-state index in [-0.39, 0.29) is 0 Å². The third-order valence-corrected chi connectivity index (χ3v) is 2.88. The van der Waals surface area contributed by atoms with Gasteiger partial charge in [0.15, 0.2) is 0 Å². The maximum atomic E-state index is 5.41. The Labute approximate surface area is 76.1 Å². The molecule has 2 aliphatic heterocycles. The first kappa shape index (κ1) is 7.46. The van der Waals surface area contributed by atoms with Crippen molar-refractivity contribution in [2.45, 2.75) is 25.6 Å². The lowest BCUT2D eigenvalue weighted by Gasteiger charge is -2.26. The minimum absolute atomic E-state index is 0.352. The van der Waals surface area contributed by atoms with Crippen LogP contribution < -0.4 is 5.32 Å². The van der Waals surface area contributed by atoms with E-state index in [4.69, 9.17) is 4.74 Å². The van der Waals surface area contributed by atoms with Crippen LogP contribution in [0.1, 0.15) is 17.4 Å². The molecule has 0 aromatic carbocycles. The van der Waals surface area contributed by atoms with Gasteiger partial charge in [0.05, 0.1) is 36.7 Å². The maximum Gasteiger partial charge on any atom is 0.0949 e. The van der Waals surface area contributed by atoms with E-state index in [1.165, 1.54) is 5.69 Å². The molecular weight excluding hydrogens is 168 g/mol. The van der Waals surface area contributed by atoms with Crippen LogP contribution in [-0.4, -0.2) is 34.2 Å². The van der Waals surface area contributed by atoms with Crippen LogP contribution in [-0.2, 0) is 11.3 Å². The van der Waals surface area contributed by atoms with E-state index < -0.39 is 0 Å². The molecule has 70 valence electrons. The SMILES string of the molecule is Cc1nnn2c1CN[C@@H]1COC[C@H]12. The Morgan fingerprint density at radius 2 is 2.46 bits per heavy atom. The lowest BCUT2D eigenvalue weighted by molar-refractivity contribution is 0.182. The highest BCUT2D eigenvalue weighted by Crippen LogP contribution is 2.25. The van der Waals surface area contributed by atoms with Crippen molar-refractivity contribution >= 4 is 0 Å². The molecule has 2 aliphatic rings. The summed E-state index contributed by atoms with van der Waals surface area (Å²) in [5, 5.41) is 11.7. The molecule has 3 heterocycles. The van der Waals surface area contributed by atoms with Crippen LogP contribution in [0.3, 0.4) is 0 Å². The average Bonchev–Trinajstić information content (AvgIpc) is 2.70. The largest absolute Gasteiger partial charge is 0.377 e. The molecule has 13 heavy (non-hydrogen) atoms. The Morgan fingerprint density at radius 3 is 3.38 bits per heavy atom. The van der Waals surface area contributed by atoms with Gasteiger partial charge in [-0.05, 0) is 6.92 Å². The zero-order chi connectivity index (χ0) is 8.84. The topological polar surface area (TPSA) is 52.0 Å². The number of hydrogen-bond acceptors (Lipinski definition) is 4. The van der Waals surface area contributed by atoms with Crippen LogP contribution in [0.5, 0.6) is 0 Å². The minimum atomic E-state index is 0.352. The number of rotatable bonds is 0. The molecule has 0 aliphatic carbocycles. The van der Waals surface area contributed by atoms with Crippen molar-refractivity contribution in [3.8, 4) is 0 Å². The number of aromatic nitrogens is 3. The first-order valence-electron chi connectivity index (χ1n) is 4.58. The van der Waals surface area contributed by atoms with Gasteiger partial charge in [-0.2, -0.15) is 0 Å². The summed E-state index contributed by atoms with van der Waals surface area (Å²) in [7, 11) is 0. The van der Waals surface area contributed by atoms with Gasteiger partial charge in [0.25, 0.3) is 0 Å². The number of ether oxygens (including phenoxy) is 1. The molecule has 1 saturated heterocycles. The molecule has 0 radical (unpaired) electrons. The number of hydrogen-bond donors (Lipinski definition) is 1. The van der Waals surface area contributed by atoms with Gasteiger partial charge in [0.2, 0.25) is 0 Å².